The number of hydrogen-bond donors (Lipinski definition) is 1. The van der Waals surface area contributed by atoms with E-state index in [9.17, 15) is 4.79 Å². The number of rotatable bonds is 2. The maximum Gasteiger partial charge on any atom is 0.254 e. The lowest BCUT2D eigenvalue weighted by molar-refractivity contribution is 0.0733. The molecule has 2 heterocycles. The van der Waals surface area contributed by atoms with Crippen LogP contribution in [0.4, 0.5) is 0 Å². The highest BCUT2D eigenvalue weighted by atomic mass is 79.9. The fourth-order valence-corrected chi connectivity index (χ4v) is 4.43. The van der Waals surface area contributed by atoms with Gasteiger partial charge in [-0.25, -0.2) is 0 Å². The Kier molecular flexibility index (Phi) is 4.52. The summed E-state index contributed by atoms with van der Waals surface area (Å²) in [5.74, 6) is 0.00496. The fourth-order valence-electron chi connectivity index (χ4n) is 3.36. The number of aromatic amines is 1. The molecule has 2 aromatic carbocycles. The van der Waals surface area contributed by atoms with Crippen molar-refractivity contribution in [1.82, 2.24) is 9.88 Å². The van der Waals surface area contributed by atoms with Crippen LogP contribution in [0.25, 0.3) is 10.9 Å². The van der Waals surface area contributed by atoms with E-state index in [-0.39, 0.29) is 5.91 Å². The predicted molar refractivity (Wildman–Crippen MR) is 106 cm³/mol. The van der Waals surface area contributed by atoms with Gasteiger partial charge in [-0.3, -0.25) is 4.79 Å². The first-order valence-corrected chi connectivity index (χ1v) is 9.87. The molecule has 0 fully saturated rings. The van der Waals surface area contributed by atoms with Gasteiger partial charge in [0.25, 0.3) is 5.91 Å². The van der Waals surface area contributed by atoms with Gasteiger partial charge in [-0.2, -0.15) is 0 Å². The van der Waals surface area contributed by atoms with Crippen LogP contribution in [-0.2, 0) is 18.3 Å². The van der Waals surface area contributed by atoms with E-state index in [1.165, 1.54) is 5.56 Å². The van der Waals surface area contributed by atoms with Crippen molar-refractivity contribution >= 4 is 55.9 Å². The van der Waals surface area contributed by atoms with Crippen molar-refractivity contribution in [3.63, 3.8) is 0 Å². The second-order valence-corrected chi connectivity index (χ2v) is 7.59. The van der Waals surface area contributed by atoms with Crippen molar-refractivity contribution in [2.45, 2.75) is 18.3 Å². The number of aromatic nitrogens is 1. The molecule has 1 N–H and O–H groups in total. The molecule has 0 saturated heterocycles. The topological polar surface area (TPSA) is 36.1 Å². The second kappa shape index (κ2) is 6.67. The Morgan fingerprint density at radius 2 is 2.04 bits per heavy atom. The Bertz CT molecular complexity index is 983. The molecule has 6 heteroatoms. The third-order valence-electron chi connectivity index (χ3n) is 4.67. The zero-order valence-corrected chi connectivity index (χ0v) is 16.4. The van der Waals surface area contributed by atoms with Gasteiger partial charge in [0.2, 0.25) is 0 Å². The molecule has 0 bridgehead atoms. The Labute approximate surface area is 164 Å². The summed E-state index contributed by atoms with van der Waals surface area (Å²) in [5, 5.41) is 3.17. The molecule has 0 atom stereocenters. The van der Waals surface area contributed by atoms with Crippen molar-refractivity contribution in [2.24, 2.45) is 0 Å². The van der Waals surface area contributed by atoms with Gasteiger partial charge in [-0.05, 0) is 47.9 Å². The Hall–Kier alpha value is -1.49. The minimum Gasteiger partial charge on any atom is -0.357 e. The number of fused-ring (bicyclic) bond motifs is 3. The minimum atomic E-state index is 0.00496. The van der Waals surface area contributed by atoms with Crippen molar-refractivity contribution in [3.8, 4) is 0 Å². The maximum absolute atomic E-state index is 12.9. The molecule has 3 nitrogen and oxygen atoms in total. The van der Waals surface area contributed by atoms with Gasteiger partial charge in [0.1, 0.15) is 0 Å². The SMILES string of the molecule is O=C(c1ccc(CBr)c(Cl)c1)N1CCc2c([nH]c3ccc(Cl)cc23)C1. The first-order chi connectivity index (χ1) is 12.1. The summed E-state index contributed by atoms with van der Waals surface area (Å²) in [7, 11) is 0. The van der Waals surface area contributed by atoms with Crippen LogP contribution in [0, 0.1) is 0 Å². The number of hydrogen-bond acceptors (Lipinski definition) is 1. The highest BCUT2D eigenvalue weighted by Gasteiger charge is 2.25. The van der Waals surface area contributed by atoms with Crippen LogP contribution in [0.3, 0.4) is 0 Å². The van der Waals surface area contributed by atoms with Crippen LogP contribution >= 0.6 is 39.1 Å². The normalized spacial score (nSPS) is 14.0. The van der Waals surface area contributed by atoms with E-state index in [0.717, 1.165) is 33.6 Å². The van der Waals surface area contributed by atoms with Crippen molar-refractivity contribution in [3.05, 3.63) is 68.8 Å². The average molecular weight is 438 g/mol. The monoisotopic (exact) mass is 436 g/mol. The molecule has 128 valence electrons. The molecule has 0 saturated carbocycles. The third kappa shape index (κ3) is 3.07. The third-order valence-corrected chi connectivity index (χ3v) is 5.86. The molecule has 0 unspecified atom stereocenters. The van der Waals surface area contributed by atoms with E-state index in [1.807, 2.05) is 35.2 Å². The number of halogens is 3. The van der Waals surface area contributed by atoms with Gasteiger partial charge in [0, 0.05) is 44.1 Å². The average Bonchev–Trinajstić information content (AvgIpc) is 2.98. The lowest BCUT2D eigenvalue weighted by Gasteiger charge is -2.27. The molecular formula is C19H15BrCl2N2O. The molecule has 1 amide bonds. The van der Waals surface area contributed by atoms with E-state index in [1.54, 1.807) is 6.07 Å². The summed E-state index contributed by atoms with van der Waals surface area (Å²) in [4.78, 5) is 18.1. The lowest BCUT2D eigenvalue weighted by Crippen LogP contribution is -2.35. The molecule has 3 aromatic rings. The maximum atomic E-state index is 12.9. The van der Waals surface area contributed by atoms with Crippen LogP contribution in [0.15, 0.2) is 36.4 Å². The Morgan fingerprint density at radius 1 is 1.20 bits per heavy atom. The van der Waals surface area contributed by atoms with Gasteiger partial charge < -0.3 is 9.88 Å². The zero-order valence-electron chi connectivity index (χ0n) is 13.3. The summed E-state index contributed by atoms with van der Waals surface area (Å²) in [5.41, 5.74) is 5.01. The highest BCUT2D eigenvalue weighted by molar-refractivity contribution is 9.08. The van der Waals surface area contributed by atoms with E-state index in [2.05, 4.69) is 20.9 Å². The van der Waals surface area contributed by atoms with Crippen LogP contribution in [0.5, 0.6) is 0 Å². The number of amides is 1. The van der Waals surface area contributed by atoms with E-state index in [0.29, 0.717) is 29.0 Å². The van der Waals surface area contributed by atoms with Crippen LogP contribution < -0.4 is 0 Å². The first-order valence-electron chi connectivity index (χ1n) is 7.99. The number of H-pyrrole nitrogens is 1. The van der Waals surface area contributed by atoms with E-state index >= 15 is 0 Å². The first kappa shape index (κ1) is 17.0. The molecule has 1 aliphatic heterocycles. The van der Waals surface area contributed by atoms with Crippen molar-refractivity contribution in [2.75, 3.05) is 6.54 Å². The van der Waals surface area contributed by atoms with Crippen LogP contribution in [0.1, 0.15) is 27.2 Å². The zero-order chi connectivity index (χ0) is 17.6. The van der Waals surface area contributed by atoms with Gasteiger partial charge in [-0.15, -0.1) is 0 Å². The Morgan fingerprint density at radius 3 is 2.80 bits per heavy atom. The molecule has 1 aliphatic rings. The van der Waals surface area contributed by atoms with E-state index in [4.69, 9.17) is 23.2 Å². The smallest absolute Gasteiger partial charge is 0.254 e. The standard InChI is InChI=1S/C19H15BrCl2N2O/c20-9-12-2-1-11(7-16(12)22)19(25)24-6-5-14-15-8-13(21)3-4-17(15)23-18(14)10-24/h1-4,7-8,23H,5-6,9-10H2. The highest BCUT2D eigenvalue weighted by Crippen LogP contribution is 2.30. The predicted octanol–water partition coefficient (Wildman–Crippen LogP) is 5.57. The van der Waals surface area contributed by atoms with Gasteiger partial charge in [-0.1, -0.05) is 45.2 Å². The molecule has 0 aliphatic carbocycles. The molecule has 25 heavy (non-hydrogen) atoms. The summed E-state index contributed by atoms with van der Waals surface area (Å²) >= 11 is 15.8. The van der Waals surface area contributed by atoms with E-state index < -0.39 is 0 Å². The van der Waals surface area contributed by atoms with Crippen LogP contribution in [0.2, 0.25) is 10.0 Å². The van der Waals surface area contributed by atoms with Crippen LogP contribution in [-0.4, -0.2) is 22.3 Å². The molecule has 0 spiro atoms. The summed E-state index contributed by atoms with van der Waals surface area (Å²) in [6.45, 7) is 1.25. The minimum absolute atomic E-state index is 0.00496. The summed E-state index contributed by atoms with van der Waals surface area (Å²) in [6.07, 6.45) is 0.814. The number of carbonyl (C=O) groups excluding carboxylic acids is 1. The second-order valence-electron chi connectivity index (χ2n) is 6.19. The quantitative estimate of drug-likeness (QED) is 0.522. The molecule has 0 radical (unpaired) electrons. The molecular weight excluding hydrogens is 423 g/mol. The van der Waals surface area contributed by atoms with Crippen molar-refractivity contribution < 1.29 is 4.79 Å². The number of carbonyl (C=O) groups is 1. The number of nitrogens with one attached hydrogen (secondary N) is 1. The van der Waals surface area contributed by atoms with Gasteiger partial charge in [0.05, 0.1) is 6.54 Å². The number of alkyl halides is 1. The summed E-state index contributed by atoms with van der Waals surface area (Å²) in [6, 6.07) is 11.3. The largest absolute Gasteiger partial charge is 0.357 e. The molecule has 1 aromatic heterocycles. The fraction of sp³-hybridized carbons (Fsp3) is 0.211. The molecule has 4 rings (SSSR count). The van der Waals surface area contributed by atoms with Crippen molar-refractivity contribution in [1.29, 1.82) is 0 Å². The summed E-state index contributed by atoms with van der Waals surface area (Å²) < 4.78 is 0. The number of nitrogens with zero attached hydrogens (tertiary/aromatic N) is 1. The van der Waals surface area contributed by atoms with Gasteiger partial charge in [0.15, 0.2) is 0 Å². The van der Waals surface area contributed by atoms with Gasteiger partial charge >= 0.3 is 0 Å². The number of benzene rings is 2. The Balaban J connectivity index is 1.62. The lowest BCUT2D eigenvalue weighted by atomic mass is 10.0.